The molecule has 0 spiro atoms. The fraction of sp³-hybridized carbons (Fsp3) is 0. The van der Waals surface area contributed by atoms with Crippen LogP contribution < -0.4 is 0 Å². The predicted octanol–water partition coefficient (Wildman–Crippen LogP) is 6.09. The van der Waals surface area contributed by atoms with Crippen molar-refractivity contribution < 1.29 is 4.42 Å². The van der Waals surface area contributed by atoms with Crippen molar-refractivity contribution in [3.63, 3.8) is 0 Å². The van der Waals surface area contributed by atoms with Gasteiger partial charge in [-0.15, -0.1) is 0 Å². The smallest absolute Gasteiger partial charge is 0.146 e. The molecule has 130 valence electrons. The first-order valence-corrected chi connectivity index (χ1v) is 9.27. The number of hydrogen-bond acceptors (Lipinski definition) is 3. The lowest BCUT2D eigenvalue weighted by atomic mass is 10.1. The van der Waals surface area contributed by atoms with Crippen molar-refractivity contribution in [2.24, 2.45) is 0 Å². The summed E-state index contributed by atoms with van der Waals surface area (Å²) in [5.41, 5.74) is 6.80. The van der Waals surface area contributed by atoms with Gasteiger partial charge in [0.2, 0.25) is 0 Å². The van der Waals surface area contributed by atoms with E-state index in [2.05, 4.69) is 46.9 Å². The Kier molecular flexibility index (Phi) is 2.46. The molecule has 4 nitrogen and oxygen atoms in total. The van der Waals surface area contributed by atoms with Crippen LogP contribution in [0, 0.1) is 0 Å². The van der Waals surface area contributed by atoms with Crippen LogP contribution in [0.3, 0.4) is 0 Å². The molecule has 4 heterocycles. The lowest BCUT2D eigenvalue weighted by Crippen LogP contribution is -1.93. The zero-order valence-corrected chi connectivity index (χ0v) is 14.8. The van der Waals surface area contributed by atoms with Crippen molar-refractivity contribution in [1.82, 2.24) is 14.4 Å². The van der Waals surface area contributed by atoms with Crippen LogP contribution in [0.4, 0.5) is 0 Å². The Morgan fingerprint density at radius 1 is 0.679 bits per heavy atom. The molecule has 0 saturated heterocycles. The Morgan fingerprint density at radius 2 is 1.54 bits per heavy atom. The van der Waals surface area contributed by atoms with Crippen LogP contribution in [0.25, 0.3) is 60.4 Å². The minimum Gasteiger partial charge on any atom is -0.456 e. The molecule has 0 bridgehead atoms. The van der Waals surface area contributed by atoms with Crippen LogP contribution in [-0.2, 0) is 0 Å². The van der Waals surface area contributed by atoms with Crippen molar-refractivity contribution >= 4 is 60.4 Å². The minimum atomic E-state index is 0.876. The summed E-state index contributed by atoms with van der Waals surface area (Å²) < 4.78 is 8.34. The molecule has 7 rings (SSSR count). The molecule has 0 atom stereocenters. The van der Waals surface area contributed by atoms with Gasteiger partial charge in [-0.2, -0.15) is 0 Å². The highest BCUT2D eigenvalue weighted by Gasteiger charge is 2.16. The second kappa shape index (κ2) is 4.87. The Balaban J connectivity index is 1.84. The van der Waals surface area contributed by atoms with E-state index in [1.165, 1.54) is 0 Å². The minimum absolute atomic E-state index is 0.876. The van der Waals surface area contributed by atoms with Crippen molar-refractivity contribution in [2.75, 3.05) is 0 Å². The number of nitrogens with zero attached hydrogens (tertiary/aromatic N) is 3. The van der Waals surface area contributed by atoms with Crippen LogP contribution in [-0.4, -0.2) is 14.4 Å². The normalized spacial score (nSPS) is 12.3. The van der Waals surface area contributed by atoms with E-state index in [0.717, 1.165) is 60.4 Å². The molecule has 0 amide bonds. The second-order valence-electron chi connectivity index (χ2n) is 7.12. The standard InChI is InChI=1S/C24H13N3O/c1-4-10-21-14(6-1)15-12-17-16(13-22(15)28-21)23-20(9-5-11-25-23)27-19-8-3-2-7-18(19)26-24(17)27/h1-13H. The Hall–Kier alpha value is -3.92. The fourth-order valence-electron chi connectivity index (χ4n) is 4.39. The van der Waals surface area contributed by atoms with Gasteiger partial charge in [0.25, 0.3) is 0 Å². The van der Waals surface area contributed by atoms with E-state index in [-0.39, 0.29) is 0 Å². The van der Waals surface area contributed by atoms with Crippen molar-refractivity contribution in [1.29, 1.82) is 0 Å². The van der Waals surface area contributed by atoms with Gasteiger partial charge in [-0.05, 0) is 42.5 Å². The Morgan fingerprint density at radius 3 is 2.54 bits per heavy atom. The summed E-state index contributed by atoms with van der Waals surface area (Å²) in [5, 5.41) is 4.37. The van der Waals surface area contributed by atoms with E-state index >= 15 is 0 Å². The van der Waals surface area contributed by atoms with Gasteiger partial charge >= 0.3 is 0 Å². The lowest BCUT2D eigenvalue weighted by molar-refractivity contribution is 0.669. The van der Waals surface area contributed by atoms with Gasteiger partial charge in [0, 0.05) is 27.7 Å². The van der Waals surface area contributed by atoms with Crippen molar-refractivity contribution in [2.45, 2.75) is 0 Å². The quantitative estimate of drug-likeness (QED) is 0.308. The van der Waals surface area contributed by atoms with Gasteiger partial charge in [-0.3, -0.25) is 9.38 Å². The molecule has 4 heteroatoms. The number of imidazole rings is 1. The average molecular weight is 359 g/mol. The summed E-state index contributed by atoms with van der Waals surface area (Å²) in [6.07, 6.45) is 1.84. The van der Waals surface area contributed by atoms with Crippen LogP contribution >= 0.6 is 0 Å². The van der Waals surface area contributed by atoms with Crippen LogP contribution in [0.1, 0.15) is 0 Å². The third-order valence-corrected chi connectivity index (χ3v) is 5.60. The maximum Gasteiger partial charge on any atom is 0.146 e. The summed E-state index contributed by atoms with van der Waals surface area (Å²) in [7, 11) is 0. The molecule has 0 unspecified atom stereocenters. The van der Waals surface area contributed by atoms with Crippen LogP contribution in [0.5, 0.6) is 0 Å². The molecular weight excluding hydrogens is 346 g/mol. The molecule has 7 aromatic rings. The first-order chi connectivity index (χ1) is 13.9. The third kappa shape index (κ3) is 1.65. The highest BCUT2D eigenvalue weighted by Crippen LogP contribution is 2.37. The van der Waals surface area contributed by atoms with Gasteiger partial charge < -0.3 is 4.42 Å². The maximum absolute atomic E-state index is 6.13. The number of para-hydroxylation sites is 3. The number of fused-ring (bicyclic) bond motifs is 11. The van der Waals surface area contributed by atoms with Gasteiger partial charge in [-0.25, -0.2) is 4.98 Å². The highest BCUT2D eigenvalue weighted by molar-refractivity contribution is 6.19. The SMILES string of the molecule is c1ccc2c(c1)nc1c3cc4c(cc3c3ncccc3n21)oc1ccccc14. The zero-order chi connectivity index (χ0) is 18.2. The molecule has 0 aliphatic heterocycles. The molecule has 0 fully saturated rings. The summed E-state index contributed by atoms with van der Waals surface area (Å²) in [6.45, 7) is 0. The third-order valence-electron chi connectivity index (χ3n) is 5.60. The van der Waals surface area contributed by atoms with E-state index in [1.54, 1.807) is 0 Å². The summed E-state index contributed by atoms with van der Waals surface area (Å²) in [4.78, 5) is 9.69. The molecule has 0 N–H and O–H groups in total. The number of rotatable bonds is 0. The fourth-order valence-corrected chi connectivity index (χ4v) is 4.39. The Labute approximate surface area is 158 Å². The molecule has 0 aliphatic carbocycles. The molecule has 0 radical (unpaired) electrons. The molecular formula is C24H13N3O. The van der Waals surface area contributed by atoms with Gasteiger partial charge in [0.15, 0.2) is 0 Å². The molecule has 0 aliphatic rings. The summed E-state index contributed by atoms with van der Waals surface area (Å²) >= 11 is 0. The number of benzene rings is 3. The topological polar surface area (TPSA) is 43.3 Å². The van der Waals surface area contributed by atoms with Crippen molar-refractivity contribution in [3.05, 3.63) is 79.0 Å². The van der Waals surface area contributed by atoms with E-state index in [1.807, 2.05) is 36.5 Å². The van der Waals surface area contributed by atoms with E-state index in [0.29, 0.717) is 0 Å². The number of aromatic nitrogens is 3. The van der Waals surface area contributed by atoms with Crippen LogP contribution in [0.15, 0.2) is 83.4 Å². The van der Waals surface area contributed by atoms with E-state index in [9.17, 15) is 0 Å². The Bertz CT molecular complexity index is 1720. The molecule has 3 aromatic carbocycles. The largest absolute Gasteiger partial charge is 0.456 e. The number of hydrogen-bond donors (Lipinski definition) is 0. The molecule has 0 saturated carbocycles. The monoisotopic (exact) mass is 359 g/mol. The predicted molar refractivity (Wildman–Crippen MR) is 113 cm³/mol. The van der Waals surface area contributed by atoms with Crippen LogP contribution in [0.2, 0.25) is 0 Å². The van der Waals surface area contributed by atoms with Crippen molar-refractivity contribution in [3.8, 4) is 0 Å². The highest BCUT2D eigenvalue weighted by atomic mass is 16.3. The number of pyridine rings is 2. The molecule has 28 heavy (non-hydrogen) atoms. The molecule has 4 aromatic heterocycles. The second-order valence-corrected chi connectivity index (χ2v) is 7.12. The first-order valence-electron chi connectivity index (χ1n) is 9.27. The number of furan rings is 1. The summed E-state index contributed by atoms with van der Waals surface area (Å²) in [5.74, 6) is 0. The van der Waals surface area contributed by atoms with Gasteiger partial charge in [-0.1, -0.05) is 30.3 Å². The zero-order valence-electron chi connectivity index (χ0n) is 14.8. The summed E-state index contributed by atoms with van der Waals surface area (Å²) in [6, 6.07) is 24.8. The lowest BCUT2D eigenvalue weighted by Gasteiger charge is -2.08. The maximum atomic E-state index is 6.13. The van der Waals surface area contributed by atoms with Gasteiger partial charge in [0.05, 0.1) is 22.1 Å². The van der Waals surface area contributed by atoms with E-state index < -0.39 is 0 Å². The average Bonchev–Trinajstić information content (AvgIpc) is 3.31. The van der Waals surface area contributed by atoms with Gasteiger partial charge in [0.1, 0.15) is 16.8 Å². The first kappa shape index (κ1) is 14.2. The van der Waals surface area contributed by atoms with E-state index in [4.69, 9.17) is 14.4 Å².